The maximum atomic E-state index is 11.8. The van der Waals surface area contributed by atoms with E-state index in [-0.39, 0.29) is 11.8 Å². The van der Waals surface area contributed by atoms with E-state index in [4.69, 9.17) is 0 Å². The van der Waals surface area contributed by atoms with Crippen molar-refractivity contribution in [3.05, 3.63) is 35.9 Å². The molecule has 0 unspecified atom stereocenters. The summed E-state index contributed by atoms with van der Waals surface area (Å²) in [5.74, 6) is -1.80. The number of carbonyl (C=O) groups excluding carboxylic acids is 2. The second kappa shape index (κ2) is 6.03. The Balaban J connectivity index is 2.75. The van der Waals surface area contributed by atoms with Crippen LogP contribution in [-0.2, 0) is 4.79 Å². The number of carboxylic acids is 1. The van der Waals surface area contributed by atoms with E-state index in [9.17, 15) is 14.7 Å². The van der Waals surface area contributed by atoms with Gasteiger partial charge in [-0.05, 0) is 18.1 Å². The van der Waals surface area contributed by atoms with E-state index in [1.54, 1.807) is 37.3 Å². The molecule has 92 valence electrons. The number of carbonyl (C=O) groups is 2. The normalized spacial score (nSPS) is 13.8. The first-order chi connectivity index (χ1) is 8.06. The quantitative estimate of drug-likeness (QED) is 0.810. The highest BCUT2D eigenvalue weighted by Gasteiger charge is 2.19. The monoisotopic (exact) mass is 234 g/mol. The summed E-state index contributed by atoms with van der Waals surface area (Å²) in [6.45, 7) is 3.64. The van der Waals surface area contributed by atoms with Crippen LogP contribution in [0.2, 0.25) is 0 Å². The van der Waals surface area contributed by atoms with Gasteiger partial charge in [0.15, 0.2) is 0 Å². The summed E-state index contributed by atoms with van der Waals surface area (Å²) in [7, 11) is 0. The van der Waals surface area contributed by atoms with E-state index in [2.05, 4.69) is 5.32 Å². The second-order valence-electron chi connectivity index (χ2n) is 4.02. The molecule has 0 aliphatic heterocycles. The molecule has 0 aliphatic carbocycles. The predicted molar refractivity (Wildman–Crippen MR) is 62.2 cm³/mol. The van der Waals surface area contributed by atoms with Crippen LogP contribution in [0.25, 0.3) is 0 Å². The van der Waals surface area contributed by atoms with Gasteiger partial charge in [-0.3, -0.25) is 4.79 Å². The molecule has 2 atom stereocenters. The van der Waals surface area contributed by atoms with Crippen molar-refractivity contribution in [1.82, 2.24) is 5.32 Å². The van der Waals surface area contributed by atoms with Crippen LogP contribution in [-0.4, -0.2) is 17.9 Å². The molecule has 0 spiro atoms. The predicted octanol–water partition coefficient (Wildman–Crippen LogP) is 0.581. The first-order valence-electron chi connectivity index (χ1n) is 5.63. The van der Waals surface area contributed by atoms with Gasteiger partial charge in [0, 0.05) is 5.56 Å². The average molecular weight is 234 g/mol. The highest BCUT2D eigenvalue weighted by molar-refractivity contribution is 5.96. The van der Waals surface area contributed by atoms with Gasteiger partial charge in [-0.1, -0.05) is 38.5 Å². The van der Waals surface area contributed by atoms with Crippen LogP contribution in [0.5, 0.6) is 0 Å². The number of benzene rings is 1. The molecule has 4 nitrogen and oxygen atoms in total. The maximum absolute atomic E-state index is 11.8. The van der Waals surface area contributed by atoms with Gasteiger partial charge in [0.1, 0.15) is 0 Å². The molecule has 0 aliphatic rings. The molecule has 0 radical (unpaired) electrons. The molecule has 0 saturated heterocycles. The Kier molecular flexibility index (Phi) is 4.69. The highest BCUT2D eigenvalue weighted by Crippen LogP contribution is 2.08. The number of amides is 1. The van der Waals surface area contributed by atoms with Gasteiger partial charge in [0.25, 0.3) is 5.91 Å². The fourth-order valence-corrected chi connectivity index (χ4v) is 1.48. The molecule has 1 rings (SSSR count). The smallest absolute Gasteiger partial charge is 0.251 e. The van der Waals surface area contributed by atoms with Gasteiger partial charge < -0.3 is 15.2 Å². The Hall–Kier alpha value is -1.84. The lowest BCUT2D eigenvalue weighted by Crippen LogP contribution is -2.51. The van der Waals surface area contributed by atoms with Crippen molar-refractivity contribution in [2.24, 2.45) is 5.92 Å². The minimum Gasteiger partial charge on any atom is -0.548 e. The molecular formula is C13H16NO3-. The van der Waals surface area contributed by atoms with E-state index in [0.29, 0.717) is 12.0 Å². The van der Waals surface area contributed by atoms with Crippen molar-refractivity contribution in [3.63, 3.8) is 0 Å². The summed E-state index contributed by atoms with van der Waals surface area (Å²) in [4.78, 5) is 22.7. The van der Waals surface area contributed by atoms with Crippen LogP contribution in [0.4, 0.5) is 0 Å². The van der Waals surface area contributed by atoms with Gasteiger partial charge in [-0.15, -0.1) is 0 Å². The summed E-state index contributed by atoms with van der Waals surface area (Å²) < 4.78 is 0. The third kappa shape index (κ3) is 3.59. The van der Waals surface area contributed by atoms with Crippen LogP contribution < -0.4 is 10.4 Å². The fraction of sp³-hybridized carbons (Fsp3) is 0.385. The highest BCUT2D eigenvalue weighted by atomic mass is 16.4. The maximum Gasteiger partial charge on any atom is 0.251 e. The zero-order valence-corrected chi connectivity index (χ0v) is 9.97. The first kappa shape index (κ1) is 13.2. The SMILES string of the molecule is CC[C@H](C)[C@H](NC(=O)c1ccccc1)C(=O)[O-]. The molecule has 0 fully saturated rings. The molecule has 0 heterocycles. The second-order valence-corrected chi connectivity index (χ2v) is 4.02. The number of rotatable bonds is 5. The van der Waals surface area contributed by atoms with Crippen LogP contribution in [0.3, 0.4) is 0 Å². The van der Waals surface area contributed by atoms with Crippen molar-refractivity contribution in [1.29, 1.82) is 0 Å². The standard InChI is InChI=1S/C13H17NO3/c1-3-9(2)11(13(16)17)14-12(15)10-7-5-4-6-8-10/h4-9,11H,3H2,1-2H3,(H,14,15)(H,16,17)/p-1/t9-,11-/m0/s1. The van der Waals surface area contributed by atoms with Crippen molar-refractivity contribution in [2.45, 2.75) is 26.3 Å². The Labute approximate surface area is 101 Å². The minimum atomic E-state index is -1.25. The summed E-state index contributed by atoms with van der Waals surface area (Å²) in [5.41, 5.74) is 0.446. The van der Waals surface area contributed by atoms with Crippen molar-refractivity contribution < 1.29 is 14.7 Å². The molecule has 1 aromatic rings. The summed E-state index contributed by atoms with van der Waals surface area (Å²) >= 11 is 0. The molecule has 0 saturated carbocycles. The molecular weight excluding hydrogens is 218 g/mol. The van der Waals surface area contributed by atoms with Crippen molar-refractivity contribution in [3.8, 4) is 0 Å². The Bertz CT molecular complexity index is 389. The summed E-state index contributed by atoms with van der Waals surface area (Å²) in [6.07, 6.45) is 0.660. The van der Waals surface area contributed by atoms with Gasteiger partial charge in [-0.25, -0.2) is 0 Å². The topological polar surface area (TPSA) is 69.2 Å². The molecule has 0 aromatic heterocycles. The third-order valence-electron chi connectivity index (χ3n) is 2.79. The van der Waals surface area contributed by atoms with E-state index in [0.717, 1.165) is 0 Å². The van der Waals surface area contributed by atoms with E-state index < -0.39 is 12.0 Å². The van der Waals surface area contributed by atoms with Crippen molar-refractivity contribution in [2.75, 3.05) is 0 Å². The largest absolute Gasteiger partial charge is 0.548 e. The van der Waals surface area contributed by atoms with Gasteiger partial charge in [0.2, 0.25) is 0 Å². The molecule has 1 N–H and O–H groups in total. The molecule has 17 heavy (non-hydrogen) atoms. The van der Waals surface area contributed by atoms with Crippen LogP contribution in [0.15, 0.2) is 30.3 Å². The molecule has 1 amide bonds. The molecule has 1 aromatic carbocycles. The van der Waals surface area contributed by atoms with Crippen molar-refractivity contribution >= 4 is 11.9 Å². The number of nitrogens with one attached hydrogen (secondary N) is 1. The van der Waals surface area contributed by atoms with E-state index >= 15 is 0 Å². The summed E-state index contributed by atoms with van der Waals surface area (Å²) in [5, 5.41) is 13.4. The fourth-order valence-electron chi connectivity index (χ4n) is 1.48. The van der Waals surface area contributed by atoms with E-state index in [1.165, 1.54) is 0 Å². The lowest BCUT2D eigenvalue weighted by molar-refractivity contribution is -0.309. The number of carboxylic acid groups (broad SMARTS) is 1. The Morgan fingerprint density at radius 2 is 1.88 bits per heavy atom. The minimum absolute atomic E-state index is 0.160. The number of hydrogen-bond donors (Lipinski definition) is 1. The first-order valence-corrected chi connectivity index (χ1v) is 5.63. The van der Waals surface area contributed by atoms with Gasteiger partial charge in [-0.2, -0.15) is 0 Å². The zero-order chi connectivity index (χ0) is 12.8. The Morgan fingerprint density at radius 3 is 2.35 bits per heavy atom. The lowest BCUT2D eigenvalue weighted by atomic mass is 9.99. The number of aliphatic carboxylic acids is 1. The Morgan fingerprint density at radius 1 is 1.29 bits per heavy atom. The zero-order valence-electron chi connectivity index (χ0n) is 9.97. The number of hydrogen-bond acceptors (Lipinski definition) is 3. The average Bonchev–Trinajstić information content (AvgIpc) is 2.35. The molecule has 4 heteroatoms. The van der Waals surface area contributed by atoms with Crippen LogP contribution >= 0.6 is 0 Å². The lowest BCUT2D eigenvalue weighted by Gasteiger charge is -2.25. The van der Waals surface area contributed by atoms with Gasteiger partial charge in [0.05, 0.1) is 12.0 Å². The molecule has 0 bridgehead atoms. The van der Waals surface area contributed by atoms with Crippen LogP contribution in [0, 0.1) is 5.92 Å². The van der Waals surface area contributed by atoms with E-state index in [1.807, 2.05) is 6.92 Å². The third-order valence-corrected chi connectivity index (χ3v) is 2.79. The van der Waals surface area contributed by atoms with Crippen LogP contribution in [0.1, 0.15) is 30.6 Å². The summed E-state index contributed by atoms with van der Waals surface area (Å²) in [6, 6.07) is 7.57. The van der Waals surface area contributed by atoms with Gasteiger partial charge >= 0.3 is 0 Å².